The molecule has 0 aliphatic heterocycles. The highest BCUT2D eigenvalue weighted by Gasteiger charge is 2.41. The maximum absolute atomic E-state index is 2.42. The molecule has 31 heavy (non-hydrogen) atoms. The molecule has 0 N–H and O–H groups in total. The number of benzene rings is 5. The van der Waals surface area contributed by atoms with Crippen LogP contribution in [0.25, 0.3) is 11.1 Å². The summed E-state index contributed by atoms with van der Waals surface area (Å²) in [7, 11) is -2.42. The summed E-state index contributed by atoms with van der Waals surface area (Å²) in [6, 6.07) is 53.0. The van der Waals surface area contributed by atoms with E-state index in [2.05, 4.69) is 146 Å². The van der Waals surface area contributed by atoms with Crippen molar-refractivity contribution in [1.82, 2.24) is 0 Å². The second-order valence-corrected chi connectivity index (χ2v) is 11.6. The summed E-state index contributed by atoms with van der Waals surface area (Å²) in [5.41, 5.74) is 2.50. The molecule has 1 heteroatoms. The molecule has 0 nitrogen and oxygen atoms in total. The third-order valence-corrected chi connectivity index (χ3v) is 10.8. The zero-order valence-corrected chi connectivity index (χ0v) is 18.4. The lowest BCUT2D eigenvalue weighted by Crippen LogP contribution is -2.74. The van der Waals surface area contributed by atoms with E-state index in [9.17, 15) is 0 Å². The van der Waals surface area contributed by atoms with Crippen molar-refractivity contribution in [2.75, 3.05) is 0 Å². The number of rotatable bonds is 5. The number of hydrogen-bond donors (Lipinski definition) is 0. The van der Waals surface area contributed by atoms with Crippen molar-refractivity contribution in [3.8, 4) is 11.1 Å². The van der Waals surface area contributed by atoms with E-state index in [0.717, 1.165) is 0 Å². The van der Waals surface area contributed by atoms with Gasteiger partial charge in [-0.05, 0) is 31.9 Å². The van der Waals surface area contributed by atoms with E-state index in [0.29, 0.717) is 0 Å². The molecule has 0 radical (unpaired) electrons. The minimum absolute atomic E-state index is 1.25. The van der Waals surface area contributed by atoms with Crippen molar-refractivity contribution in [2.45, 2.75) is 0 Å². The maximum Gasteiger partial charge on any atom is 0.179 e. The standard InChI is InChI=1S/C30H24Si/c1-5-13-25(14-6-1)26-21-23-30(24-22-26)31(27-15-7-2-8-16-27,28-17-9-3-10-18-28)29-19-11-4-12-20-29/h1-24H. The summed E-state index contributed by atoms with van der Waals surface area (Å²) < 4.78 is 0. The Morgan fingerprint density at radius 2 is 0.548 bits per heavy atom. The van der Waals surface area contributed by atoms with Crippen LogP contribution in [-0.4, -0.2) is 8.07 Å². The fourth-order valence-corrected chi connectivity index (χ4v) is 9.35. The van der Waals surface area contributed by atoms with Gasteiger partial charge in [0.05, 0.1) is 0 Å². The van der Waals surface area contributed by atoms with E-state index in [1.165, 1.54) is 31.9 Å². The predicted molar refractivity (Wildman–Crippen MR) is 135 cm³/mol. The first-order chi connectivity index (χ1) is 15.4. The second-order valence-electron chi connectivity index (χ2n) is 7.79. The normalized spacial score (nSPS) is 11.2. The molecule has 5 rings (SSSR count). The van der Waals surface area contributed by atoms with Gasteiger partial charge in [-0.1, -0.05) is 146 Å². The molecule has 148 valence electrons. The van der Waals surface area contributed by atoms with Crippen molar-refractivity contribution >= 4 is 28.8 Å². The summed E-state index contributed by atoms with van der Waals surface area (Å²) in [6.45, 7) is 0. The first-order valence-corrected chi connectivity index (χ1v) is 12.7. The Bertz CT molecular complexity index is 1130. The van der Waals surface area contributed by atoms with Crippen LogP contribution in [0, 0.1) is 0 Å². The molecule has 0 saturated heterocycles. The summed E-state index contributed by atoms with van der Waals surface area (Å²) >= 11 is 0. The van der Waals surface area contributed by atoms with Gasteiger partial charge < -0.3 is 0 Å². The molecule has 5 aromatic carbocycles. The van der Waals surface area contributed by atoms with E-state index >= 15 is 0 Å². The van der Waals surface area contributed by atoms with E-state index in [-0.39, 0.29) is 0 Å². The van der Waals surface area contributed by atoms with Crippen LogP contribution < -0.4 is 20.7 Å². The molecule has 0 aliphatic rings. The van der Waals surface area contributed by atoms with Crippen molar-refractivity contribution in [2.24, 2.45) is 0 Å². The largest absolute Gasteiger partial charge is 0.179 e. The van der Waals surface area contributed by atoms with Gasteiger partial charge >= 0.3 is 0 Å². The Morgan fingerprint density at radius 1 is 0.258 bits per heavy atom. The molecule has 0 aromatic heterocycles. The molecule has 0 bridgehead atoms. The van der Waals surface area contributed by atoms with Crippen LogP contribution in [-0.2, 0) is 0 Å². The second kappa shape index (κ2) is 8.59. The van der Waals surface area contributed by atoms with Gasteiger partial charge in [-0.3, -0.25) is 0 Å². The van der Waals surface area contributed by atoms with Crippen molar-refractivity contribution in [3.05, 3.63) is 146 Å². The average Bonchev–Trinajstić information content (AvgIpc) is 2.88. The van der Waals surface area contributed by atoms with E-state index in [4.69, 9.17) is 0 Å². The Balaban J connectivity index is 1.78. The lowest BCUT2D eigenvalue weighted by molar-refractivity contribution is 1.62. The summed E-state index contributed by atoms with van der Waals surface area (Å²) in [5, 5.41) is 5.61. The van der Waals surface area contributed by atoms with Crippen LogP contribution in [0.15, 0.2) is 146 Å². The lowest BCUT2D eigenvalue weighted by atomic mass is 10.1. The Labute approximate surface area is 185 Å². The van der Waals surface area contributed by atoms with Gasteiger partial charge in [-0.15, -0.1) is 0 Å². The quantitative estimate of drug-likeness (QED) is 0.289. The third-order valence-electron chi connectivity index (χ3n) is 6.05. The lowest BCUT2D eigenvalue weighted by Gasteiger charge is -2.34. The highest BCUT2D eigenvalue weighted by Crippen LogP contribution is 2.19. The molecule has 0 unspecified atom stereocenters. The van der Waals surface area contributed by atoms with Gasteiger partial charge in [-0.25, -0.2) is 0 Å². The smallest absolute Gasteiger partial charge is 0.0623 e. The Morgan fingerprint density at radius 3 is 0.935 bits per heavy atom. The van der Waals surface area contributed by atoms with Gasteiger partial charge in [-0.2, -0.15) is 0 Å². The molecule has 0 saturated carbocycles. The summed E-state index contributed by atoms with van der Waals surface area (Å²) in [4.78, 5) is 0. The van der Waals surface area contributed by atoms with Gasteiger partial charge in [0.15, 0.2) is 8.07 Å². The molecular formula is C30H24Si. The fraction of sp³-hybridized carbons (Fsp3) is 0. The average molecular weight is 413 g/mol. The first kappa shape index (κ1) is 19.3. The van der Waals surface area contributed by atoms with E-state index in [1.54, 1.807) is 0 Å². The molecule has 5 aromatic rings. The topological polar surface area (TPSA) is 0 Å². The van der Waals surface area contributed by atoms with Crippen molar-refractivity contribution in [1.29, 1.82) is 0 Å². The first-order valence-electron chi connectivity index (χ1n) is 10.7. The van der Waals surface area contributed by atoms with Crippen LogP contribution in [0.1, 0.15) is 0 Å². The molecule has 0 aliphatic carbocycles. The zero-order valence-electron chi connectivity index (χ0n) is 17.4. The van der Waals surface area contributed by atoms with Crippen LogP contribution in [0.2, 0.25) is 0 Å². The van der Waals surface area contributed by atoms with Gasteiger partial charge in [0.1, 0.15) is 0 Å². The van der Waals surface area contributed by atoms with Crippen LogP contribution in [0.5, 0.6) is 0 Å². The van der Waals surface area contributed by atoms with Crippen LogP contribution in [0.4, 0.5) is 0 Å². The molecule has 0 fully saturated rings. The van der Waals surface area contributed by atoms with Gasteiger partial charge in [0.25, 0.3) is 0 Å². The van der Waals surface area contributed by atoms with E-state index < -0.39 is 8.07 Å². The third kappa shape index (κ3) is 3.54. The van der Waals surface area contributed by atoms with Crippen molar-refractivity contribution in [3.63, 3.8) is 0 Å². The highest BCUT2D eigenvalue weighted by atomic mass is 28.3. The predicted octanol–water partition coefficient (Wildman–Crippen LogP) is 4.73. The van der Waals surface area contributed by atoms with Crippen LogP contribution >= 0.6 is 0 Å². The van der Waals surface area contributed by atoms with Gasteiger partial charge in [0, 0.05) is 0 Å². The Kier molecular flexibility index (Phi) is 5.34. The molecule has 0 atom stereocenters. The zero-order chi connectivity index (χ0) is 20.9. The summed E-state index contributed by atoms with van der Waals surface area (Å²) in [6.07, 6.45) is 0. The highest BCUT2D eigenvalue weighted by molar-refractivity contribution is 7.19. The Hall–Kier alpha value is -3.68. The summed E-state index contributed by atoms with van der Waals surface area (Å²) in [5.74, 6) is 0. The van der Waals surface area contributed by atoms with E-state index in [1.807, 2.05) is 0 Å². The minimum Gasteiger partial charge on any atom is -0.0623 e. The maximum atomic E-state index is 2.35. The van der Waals surface area contributed by atoms with Gasteiger partial charge in [0.2, 0.25) is 0 Å². The monoisotopic (exact) mass is 412 g/mol. The molecule has 0 heterocycles. The minimum atomic E-state index is -2.42. The SMILES string of the molecule is c1ccc(-c2ccc([Si](c3ccccc3)(c3ccccc3)c3ccccc3)cc2)cc1. The molecular weight excluding hydrogens is 388 g/mol. The fourth-order valence-electron chi connectivity index (χ4n) is 4.61. The van der Waals surface area contributed by atoms with Crippen molar-refractivity contribution < 1.29 is 0 Å². The van der Waals surface area contributed by atoms with Crippen LogP contribution in [0.3, 0.4) is 0 Å². The molecule has 0 spiro atoms. The number of hydrogen-bond acceptors (Lipinski definition) is 0. The molecule has 0 amide bonds.